The highest BCUT2D eigenvalue weighted by molar-refractivity contribution is 5.82. The summed E-state index contributed by atoms with van der Waals surface area (Å²) in [6.07, 6.45) is 0. The summed E-state index contributed by atoms with van der Waals surface area (Å²) in [7, 11) is 0. The third kappa shape index (κ3) is 2.89. The molecule has 0 spiro atoms. The highest BCUT2D eigenvalue weighted by Gasteiger charge is 2.19. The Morgan fingerprint density at radius 2 is 1.71 bits per heavy atom. The summed E-state index contributed by atoms with van der Waals surface area (Å²) in [6.45, 7) is 8.99. The molecule has 24 heavy (non-hydrogen) atoms. The summed E-state index contributed by atoms with van der Waals surface area (Å²) >= 11 is 0. The Bertz CT molecular complexity index is 814. The van der Waals surface area contributed by atoms with Crippen LogP contribution in [0, 0.1) is 0 Å². The fourth-order valence-corrected chi connectivity index (χ4v) is 3.42. The highest BCUT2D eigenvalue weighted by Crippen LogP contribution is 2.25. The predicted octanol–water partition coefficient (Wildman–Crippen LogP) is 3.76. The van der Waals surface area contributed by atoms with Crippen LogP contribution < -0.4 is 4.90 Å². The van der Waals surface area contributed by atoms with Gasteiger partial charge in [-0.15, -0.1) is 0 Å². The van der Waals surface area contributed by atoms with Crippen molar-refractivity contribution in [2.45, 2.75) is 19.9 Å². The first-order valence-corrected chi connectivity index (χ1v) is 8.75. The number of anilines is 1. The van der Waals surface area contributed by atoms with Gasteiger partial charge in [0.05, 0.1) is 11.0 Å². The van der Waals surface area contributed by atoms with Gasteiger partial charge < -0.3 is 9.88 Å². The molecule has 1 aliphatic rings. The SMILES string of the molecule is CC(C)N1CCN(c2ccc3nc(-c4ccccc4)[nH]c3c2)CC1. The Kier molecular flexibility index (Phi) is 3.98. The maximum Gasteiger partial charge on any atom is 0.138 e. The smallest absolute Gasteiger partial charge is 0.138 e. The average Bonchev–Trinajstić information content (AvgIpc) is 3.06. The molecule has 4 nitrogen and oxygen atoms in total. The first kappa shape index (κ1) is 15.2. The number of benzene rings is 2. The molecule has 1 saturated heterocycles. The van der Waals surface area contributed by atoms with Crippen molar-refractivity contribution in [1.82, 2.24) is 14.9 Å². The van der Waals surface area contributed by atoms with Crippen LogP contribution in [0.4, 0.5) is 5.69 Å². The van der Waals surface area contributed by atoms with E-state index in [1.165, 1.54) is 5.69 Å². The summed E-state index contributed by atoms with van der Waals surface area (Å²) < 4.78 is 0. The Hall–Kier alpha value is -2.33. The lowest BCUT2D eigenvalue weighted by Crippen LogP contribution is -2.48. The molecule has 2 aromatic carbocycles. The molecular weight excluding hydrogens is 296 g/mol. The lowest BCUT2D eigenvalue weighted by Gasteiger charge is -2.38. The van der Waals surface area contributed by atoms with E-state index in [1.807, 2.05) is 18.2 Å². The summed E-state index contributed by atoms with van der Waals surface area (Å²) in [4.78, 5) is 13.2. The molecule has 0 saturated carbocycles. The lowest BCUT2D eigenvalue weighted by atomic mass is 10.2. The molecule has 0 unspecified atom stereocenters. The molecule has 1 N–H and O–H groups in total. The molecule has 0 aliphatic carbocycles. The third-order valence-electron chi connectivity index (χ3n) is 4.92. The Morgan fingerprint density at radius 3 is 2.42 bits per heavy atom. The van der Waals surface area contributed by atoms with Crippen LogP contribution in [0.25, 0.3) is 22.4 Å². The van der Waals surface area contributed by atoms with E-state index in [0.717, 1.165) is 48.6 Å². The number of H-pyrrole nitrogens is 1. The molecule has 1 aliphatic heterocycles. The first-order chi connectivity index (χ1) is 11.7. The molecule has 2 heterocycles. The van der Waals surface area contributed by atoms with E-state index in [-0.39, 0.29) is 0 Å². The summed E-state index contributed by atoms with van der Waals surface area (Å²) in [5.74, 6) is 0.937. The van der Waals surface area contributed by atoms with Crippen LogP contribution in [0.3, 0.4) is 0 Å². The van der Waals surface area contributed by atoms with Crippen molar-refractivity contribution in [3.05, 3.63) is 48.5 Å². The van der Waals surface area contributed by atoms with E-state index in [1.54, 1.807) is 0 Å². The van der Waals surface area contributed by atoms with Crippen molar-refractivity contribution >= 4 is 16.7 Å². The van der Waals surface area contributed by atoms with Crippen molar-refractivity contribution in [3.63, 3.8) is 0 Å². The number of aromatic nitrogens is 2. The molecule has 124 valence electrons. The molecule has 4 rings (SSSR count). The zero-order valence-electron chi connectivity index (χ0n) is 14.4. The maximum atomic E-state index is 4.72. The second-order valence-corrected chi connectivity index (χ2v) is 6.77. The number of piperazine rings is 1. The number of hydrogen-bond acceptors (Lipinski definition) is 3. The van der Waals surface area contributed by atoms with Crippen molar-refractivity contribution in [2.75, 3.05) is 31.1 Å². The van der Waals surface area contributed by atoms with Crippen LogP contribution in [0.15, 0.2) is 48.5 Å². The number of imidazole rings is 1. The second kappa shape index (κ2) is 6.29. The standard InChI is InChI=1S/C20H24N4/c1-15(2)23-10-12-24(13-11-23)17-8-9-18-19(14-17)22-20(21-18)16-6-4-3-5-7-16/h3-9,14-15H,10-13H2,1-2H3,(H,21,22). The minimum Gasteiger partial charge on any atom is -0.369 e. The molecule has 3 aromatic rings. The minimum absolute atomic E-state index is 0.635. The van der Waals surface area contributed by atoms with Gasteiger partial charge in [-0.3, -0.25) is 4.90 Å². The van der Waals surface area contributed by atoms with E-state index in [9.17, 15) is 0 Å². The van der Waals surface area contributed by atoms with Gasteiger partial charge in [-0.1, -0.05) is 30.3 Å². The van der Waals surface area contributed by atoms with Gasteiger partial charge in [-0.2, -0.15) is 0 Å². The predicted molar refractivity (Wildman–Crippen MR) is 100 cm³/mol. The lowest BCUT2D eigenvalue weighted by molar-refractivity contribution is 0.209. The van der Waals surface area contributed by atoms with Gasteiger partial charge in [-0.05, 0) is 32.0 Å². The number of nitrogens with one attached hydrogen (secondary N) is 1. The zero-order valence-corrected chi connectivity index (χ0v) is 14.4. The van der Waals surface area contributed by atoms with E-state index in [2.05, 4.69) is 59.0 Å². The van der Waals surface area contributed by atoms with Crippen LogP contribution >= 0.6 is 0 Å². The van der Waals surface area contributed by atoms with Crippen LogP contribution in [0.5, 0.6) is 0 Å². The molecule has 1 fully saturated rings. The first-order valence-electron chi connectivity index (χ1n) is 8.75. The van der Waals surface area contributed by atoms with Gasteiger partial charge in [0, 0.05) is 43.5 Å². The van der Waals surface area contributed by atoms with E-state index < -0.39 is 0 Å². The summed E-state index contributed by atoms with van der Waals surface area (Å²) in [5.41, 5.74) is 4.55. The molecule has 1 aromatic heterocycles. The van der Waals surface area contributed by atoms with Crippen molar-refractivity contribution in [2.24, 2.45) is 0 Å². The molecule has 0 radical (unpaired) electrons. The zero-order chi connectivity index (χ0) is 16.5. The molecule has 4 heteroatoms. The molecular formula is C20H24N4. The van der Waals surface area contributed by atoms with E-state index in [0.29, 0.717) is 6.04 Å². The fourth-order valence-electron chi connectivity index (χ4n) is 3.42. The number of nitrogens with zero attached hydrogens (tertiary/aromatic N) is 3. The topological polar surface area (TPSA) is 35.2 Å². The quantitative estimate of drug-likeness (QED) is 0.798. The van der Waals surface area contributed by atoms with Crippen LogP contribution in [-0.2, 0) is 0 Å². The van der Waals surface area contributed by atoms with Crippen LogP contribution in [0.1, 0.15) is 13.8 Å². The number of rotatable bonds is 3. The van der Waals surface area contributed by atoms with E-state index in [4.69, 9.17) is 4.98 Å². The Labute approximate surface area is 143 Å². The summed E-state index contributed by atoms with van der Waals surface area (Å²) in [6, 6.07) is 17.5. The van der Waals surface area contributed by atoms with Crippen molar-refractivity contribution in [3.8, 4) is 11.4 Å². The molecule has 0 amide bonds. The van der Waals surface area contributed by atoms with Gasteiger partial charge in [0.25, 0.3) is 0 Å². The second-order valence-electron chi connectivity index (χ2n) is 6.77. The minimum atomic E-state index is 0.635. The molecule has 0 atom stereocenters. The third-order valence-corrected chi connectivity index (χ3v) is 4.92. The number of aromatic amines is 1. The van der Waals surface area contributed by atoms with Crippen molar-refractivity contribution in [1.29, 1.82) is 0 Å². The number of fused-ring (bicyclic) bond motifs is 1. The largest absolute Gasteiger partial charge is 0.369 e. The van der Waals surface area contributed by atoms with Gasteiger partial charge >= 0.3 is 0 Å². The average molecular weight is 320 g/mol. The van der Waals surface area contributed by atoms with E-state index >= 15 is 0 Å². The van der Waals surface area contributed by atoms with Crippen LogP contribution in [0.2, 0.25) is 0 Å². The maximum absolute atomic E-state index is 4.72. The fraction of sp³-hybridized carbons (Fsp3) is 0.350. The monoisotopic (exact) mass is 320 g/mol. The number of hydrogen-bond donors (Lipinski definition) is 1. The summed E-state index contributed by atoms with van der Waals surface area (Å²) in [5, 5.41) is 0. The highest BCUT2D eigenvalue weighted by atomic mass is 15.3. The van der Waals surface area contributed by atoms with Gasteiger partial charge in [0.1, 0.15) is 5.82 Å². The van der Waals surface area contributed by atoms with Gasteiger partial charge in [0.15, 0.2) is 0 Å². The Balaban J connectivity index is 1.58. The normalized spacial score (nSPS) is 16.2. The Morgan fingerprint density at radius 1 is 0.958 bits per heavy atom. The van der Waals surface area contributed by atoms with Crippen LogP contribution in [-0.4, -0.2) is 47.1 Å². The van der Waals surface area contributed by atoms with Gasteiger partial charge in [0.2, 0.25) is 0 Å². The van der Waals surface area contributed by atoms with Crippen molar-refractivity contribution < 1.29 is 0 Å². The molecule has 0 bridgehead atoms. The van der Waals surface area contributed by atoms with Gasteiger partial charge in [-0.25, -0.2) is 4.98 Å².